The topological polar surface area (TPSA) is 86.2 Å². The Morgan fingerprint density at radius 1 is 1.25 bits per heavy atom. The molecule has 0 spiro atoms. The number of hydrogen-bond donors (Lipinski definition) is 1. The van der Waals surface area contributed by atoms with Gasteiger partial charge in [-0.05, 0) is 35.4 Å². The molecule has 7 nitrogen and oxygen atoms in total. The highest BCUT2D eigenvalue weighted by Crippen LogP contribution is 2.10. The predicted octanol–water partition coefficient (Wildman–Crippen LogP) is 1.74. The lowest BCUT2D eigenvalue weighted by Crippen LogP contribution is -2.23. The lowest BCUT2D eigenvalue weighted by Gasteiger charge is -2.09. The monoisotopic (exact) mass is 328 g/mol. The van der Waals surface area contributed by atoms with E-state index in [1.54, 1.807) is 12.3 Å². The van der Waals surface area contributed by atoms with Crippen molar-refractivity contribution in [2.75, 3.05) is 6.61 Å². The lowest BCUT2D eigenvalue weighted by atomic mass is 10.1. The van der Waals surface area contributed by atoms with Crippen molar-refractivity contribution in [3.8, 4) is 0 Å². The van der Waals surface area contributed by atoms with Crippen LogP contribution >= 0.6 is 0 Å². The zero-order chi connectivity index (χ0) is 16.8. The molecule has 24 heavy (non-hydrogen) atoms. The second-order valence-corrected chi connectivity index (χ2v) is 5.61. The number of hydrogen-bond acceptors (Lipinski definition) is 6. The summed E-state index contributed by atoms with van der Waals surface area (Å²) in [5.74, 6) is 1.36. The molecule has 7 heteroatoms. The molecule has 0 saturated carbocycles. The molecule has 2 heterocycles. The second-order valence-electron chi connectivity index (χ2n) is 5.61. The Hall–Kier alpha value is -2.51. The fourth-order valence-corrected chi connectivity index (χ4v) is 2.33. The van der Waals surface area contributed by atoms with Crippen molar-refractivity contribution < 1.29 is 14.3 Å². The van der Waals surface area contributed by atoms with Crippen molar-refractivity contribution in [1.29, 1.82) is 0 Å². The lowest BCUT2D eigenvalue weighted by molar-refractivity contribution is 0.0110. The number of tetrazole rings is 1. The predicted molar refractivity (Wildman–Crippen MR) is 86.2 cm³/mol. The Labute approximate surface area is 139 Å². The van der Waals surface area contributed by atoms with Gasteiger partial charge in [0.15, 0.2) is 5.82 Å². The molecule has 0 aliphatic heterocycles. The molecule has 0 unspecified atom stereocenters. The SMILES string of the molecule is Cc1ccccc1Cc1nnn(C[C@H](O)COCc2ccco2)n1. The van der Waals surface area contributed by atoms with Crippen LogP contribution in [0.2, 0.25) is 0 Å². The van der Waals surface area contributed by atoms with Crippen molar-refractivity contribution in [2.24, 2.45) is 0 Å². The number of aliphatic hydroxyl groups excluding tert-OH is 1. The number of ether oxygens (including phenoxy) is 1. The van der Waals surface area contributed by atoms with Crippen LogP contribution in [0.1, 0.15) is 22.7 Å². The van der Waals surface area contributed by atoms with Gasteiger partial charge in [-0.1, -0.05) is 24.3 Å². The van der Waals surface area contributed by atoms with Crippen molar-refractivity contribution in [1.82, 2.24) is 20.2 Å². The fourth-order valence-electron chi connectivity index (χ4n) is 2.33. The standard InChI is InChI=1S/C17H20N4O3/c1-13-5-2-3-6-14(13)9-17-18-20-21(19-17)10-15(22)11-23-12-16-7-4-8-24-16/h2-8,15,22H,9-12H2,1H3/t15-/m0/s1. The molecule has 0 aliphatic rings. The summed E-state index contributed by atoms with van der Waals surface area (Å²) in [6.07, 6.45) is 1.50. The molecule has 3 rings (SSSR count). The molecule has 1 atom stereocenters. The average molecular weight is 328 g/mol. The van der Waals surface area contributed by atoms with Crippen molar-refractivity contribution in [3.63, 3.8) is 0 Å². The van der Waals surface area contributed by atoms with E-state index in [4.69, 9.17) is 9.15 Å². The minimum atomic E-state index is -0.708. The van der Waals surface area contributed by atoms with E-state index in [0.29, 0.717) is 18.9 Å². The molecule has 126 valence electrons. The normalized spacial score (nSPS) is 12.4. The highest BCUT2D eigenvalue weighted by atomic mass is 16.5. The van der Waals surface area contributed by atoms with E-state index in [9.17, 15) is 5.11 Å². The number of aromatic nitrogens is 4. The van der Waals surface area contributed by atoms with Gasteiger partial charge >= 0.3 is 0 Å². The second kappa shape index (κ2) is 7.85. The molecule has 0 saturated heterocycles. The molecule has 0 bridgehead atoms. The van der Waals surface area contributed by atoms with E-state index in [-0.39, 0.29) is 13.2 Å². The van der Waals surface area contributed by atoms with Gasteiger partial charge in [0.05, 0.1) is 25.5 Å². The van der Waals surface area contributed by atoms with Gasteiger partial charge < -0.3 is 14.3 Å². The summed E-state index contributed by atoms with van der Waals surface area (Å²) in [5.41, 5.74) is 2.36. The molecule has 1 aromatic carbocycles. The van der Waals surface area contributed by atoms with E-state index < -0.39 is 6.10 Å². The number of furan rings is 1. The molecule has 2 aromatic heterocycles. The first kappa shape index (κ1) is 16.4. The third kappa shape index (κ3) is 4.50. The summed E-state index contributed by atoms with van der Waals surface area (Å²) in [5, 5.41) is 22.3. The van der Waals surface area contributed by atoms with Gasteiger partial charge in [-0.3, -0.25) is 0 Å². The summed E-state index contributed by atoms with van der Waals surface area (Å²) in [7, 11) is 0. The summed E-state index contributed by atoms with van der Waals surface area (Å²) < 4.78 is 10.6. The van der Waals surface area contributed by atoms with Crippen LogP contribution in [0.5, 0.6) is 0 Å². The first-order chi connectivity index (χ1) is 11.7. The first-order valence-corrected chi connectivity index (χ1v) is 7.80. The van der Waals surface area contributed by atoms with Crippen molar-refractivity contribution >= 4 is 0 Å². The molecule has 1 N–H and O–H groups in total. The van der Waals surface area contributed by atoms with Crippen LogP contribution in [0.4, 0.5) is 0 Å². The fraction of sp³-hybridized carbons (Fsp3) is 0.353. The molecule has 0 amide bonds. The summed E-state index contributed by atoms with van der Waals surface area (Å²) in [6.45, 7) is 2.79. The summed E-state index contributed by atoms with van der Waals surface area (Å²) in [6, 6.07) is 11.7. The average Bonchev–Trinajstić information content (AvgIpc) is 3.22. The smallest absolute Gasteiger partial charge is 0.179 e. The first-order valence-electron chi connectivity index (χ1n) is 7.80. The summed E-state index contributed by atoms with van der Waals surface area (Å²) >= 11 is 0. The zero-order valence-corrected chi connectivity index (χ0v) is 13.5. The number of benzene rings is 1. The minimum absolute atomic E-state index is 0.176. The van der Waals surface area contributed by atoms with Crippen LogP contribution in [0, 0.1) is 6.92 Å². The third-order valence-corrected chi connectivity index (χ3v) is 3.61. The molecule has 0 fully saturated rings. The maximum absolute atomic E-state index is 9.99. The number of rotatable bonds is 8. The van der Waals surface area contributed by atoms with E-state index in [1.165, 1.54) is 15.9 Å². The van der Waals surface area contributed by atoms with Gasteiger partial charge in [0.2, 0.25) is 0 Å². The highest BCUT2D eigenvalue weighted by molar-refractivity contribution is 5.27. The van der Waals surface area contributed by atoms with Crippen molar-refractivity contribution in [2.45, 2.75) is 32.6 Å². The van der Waals surface area contributed by atoms with Crippen molar-refractivity contribution in [3.05, 3.63) is 65.4 Å². The Bertz CT molecular complexity index is 755. The highest BCUT2D eigenvalue weighted by Gasteiger charge is 2.11. The Kier molecular flexibility index (Phi) is 5.35. The number of nitrogens with zero attached hydrogens (tertiary/aromatic N) is 4. The number of aryl methyl sites for hydroxylation is 1. The van der Waals surface area contributed by atoms with E-state index in [2.05, 4.69) is 28.4 Å². The van der Waals surface area contributed by atoms with Crippen LogP contribution in [0.15, 0.2) is 47.1 Å². The molecular formula is C17H20N4O3. The van der Waals surface area contributed by atoms with E-state index in [1.807, 2.05) is 24.3 Å². The summed E-state index contributed by atoms with van der Waals surface area (Å²) in [4.78, 5) is 1.40. The van der Waals surface area contributed by atoms with Crippen LogP contribution < -0.4 is 0 Å². The molecule has 3 aromatic rings. The van der Waals surface area contributed by atoms with Crippen LogP contribution in [-0.2, 0) is 24.3 Å². The minimum Gasteiger partial charge on any atom is -0.467 e. The van der Waals surface area contributed by atoms with Gasteiger partial charge in [0.1, 0.15) is 12.4 Å². The van der Waals surface area contributed by atoms with Crippen LogP contribution in [0.3, 0.4) is 0 Å². The molecule has 0 radical (unpaired) electrons. The van der Waals surface area contributed by atoms with E-state index >= 15 is 0 Å². The van der Waals surface area contributed by atoms with Gasteiger partial charge in [-0.2, -0.15) is 4.80 Å². The van der Waals surface area contributed by atoms with Crippen LogP contribution in [0.25, 0.3) is 0 Å². The Morgan fingerprint density at radius 3 is 2.92 bits per heavy atom. The maximum atomic E-state index is 9.99. The quantitative estimate of drug-likeness (QED) is 0.678. The van der Waals surface area contributed by atoms with Crippen LogP contribution in [-0.4, -0.2) is 38.0 Å². The largest absolute Gasteiger partial charge is 0.467 e. The van der Waals surface area contributed by atoms with Gasteiger partial charge in [-0.25, -0.2) is 0 Å². The van der Waals surface area contributed by atoms with E-state index in [0.717, 1.165) is 5.76 Å². The Morgan fingerprint density at radius 2 is 2.12 bits per heavy atom. The molecular weight excluding hydrogens is 308 g/mol. The third-order valence-electron chi connectivity index (χ3n) is 3.61. The molecule has 0 aliphatic carbocycles. The zero-order valence-electron chi connectivity index (χ0n) is 13.5. The maximum Gasteiger partial charge on any atom is 0.179 e. The number of aliphatic hydroxyl groups is 1. The Balaban J connectivity index is 1.47. The van der Waals surface area contributed by atoms with Gasteiger partial charge in [0.25, 0.3) is 0 Å². The van der Waals surface area contributed by atoms with Gasteiger partial charge in [0, 0.05) is 6.42 Å². The van der Waals surface area contributed by atoms with Gasteiger partial charge in [-0.15, -0.1) is 10.2 Å².